The highest BCUT2D eigenvalue weighted by atomic mass is 127. The lowest BCUT2D eigenvalue weighted by Crippen LogP contribution is -2.29. The average molecular weight is 480 g/mol. The van der Waals surface area contributed by atoms with E-state index in [1.165, 1.54) is 16.6 Å². The minimum atomic E-state index is -0.938. The topological polar surface area (TPSA) is 109 Å². The smallest absolute Gasteiger partial charge is 0.302 e. The van der Waals surface area contributed by atoms with Gasteiger partial charge in [0.05, 0.1) is 5.57 Å². The molecule has 1 fully saturated rings. The molecular formula is C16H9IN4O4S. The van der Waals surface area contributed by atoms with Gasteiger partial charge >= 0.3 is 5.91 Å². The molecule has 1 amide bonds. The molecule has 0 saturated carbocycles. The lowest BCUT2D eigenvalue weighted by molar-refractivity contribution is -0.132. The number of aliphatic hydroxyl groups is 1. The highest BCUT2D eigenvalue weighted by Gasteiger charge is 2.49. The minimum absolute atomic E-state index is 0.0797. The summed E-state index contributed by atoms with van der Waals surface area (Å²) >= 11 is 3.10. The molecule has 0 aromatic carbocycles. The molecule has 26 heavy (non-hydrogen) atoms. The van der Waals surface area contributed by atoms with Crippen LogP contribution < -0.4 is 4.90 Å². The maximum absolute atomic E-state index is 12.7. The third kappa shape index (κ3) is 2.70. The molecule has 0 radical (unpaired) electrons. The van der Waals surface area contributed by atoms with Gasteiger partial charge in [-0.05, 0) is 46.9 Å². The molecule has 1 N–H and O–H groups in total. The highest BCUT2D eigenvalue weighted by molar-refractivity contribution is 14.1. The molecule has 4 heterocycles. The van der Waals surface area contributed by atoms with E-state index < -0.39 is 17.7 Å². The van der Waals surface area contributed by atoms with Crippen LogP contribution in [-0.2, 0) is 9.59 Å². The fourth-order valence-electron chi connectivity index (χ4n) is 2.70. The van der Waals surface area contributed by atoms with Gasteiger partial charge in [0.1, 0.15) is 23.1 Å². The summed E-state index contributed by atoms with van der Waals surface area (Å²) in [6.45, 7) is 0. The largest absolute Gasteiger partial charge is 0.507 e. The lowest BCUT2D eigenvalue weighted by Gasteiger charge is -2.19. The fourth-order valence-corrected chi connectivity index (χ4v) is 3.72. The molecule has 8 nitrogen and oxygen atoms in total. The number of halogens is 1. The molecule has 0 bridgehead atoms. The van der Waals surface area contributed by atoms with Crippen molar-refractivity contribution in [3.8, 4) is 0 Å². The van der Waals surface area contributed by atoms with Gasteiger partial charge in [0, 0.05) is 18.0 Å². The molecule has 4 rings (SSSR count). The number of ketones is 1. The lowest BCUT2D eigenvalue weighted by atomic mass is 10.0. The van der Waals surface area contributed by atoms with Crippen molar-refractivity contribution in [2.24, 2.45) is 0 Å². The number of aliphatic hydroxyl groups excluding tert-OH is 1. The number of anilines is 1. The molecule has 1 aliphatic heterocycles. The summed E-state index contributed by atoms with van der Waals surface area (Å²) in [5.41, 5.74) is 1.71. The molecule has 0 aliphatic carbocycles. The van der Waals surface area contributed by atoms with E-state index in [4.69, 9.17) is 4.42 Å². The second kappa shape index (κ2) is 6.61. The summed E-state index contributed by atoms with van der Waals surface area (Å²) < 4.78 is 6.23. The Hall–Kier alpha value is -2.60. The third-order valence-electron chi connectivity index (χ3n) is 3.80. The Bertz CT molecular complexity index is 1020. The van der Waals surface area contributed by atoms with Crippen LogP contribution in [0.25, 0.3) is 5.76 Å². The van der Waals surface area contributed by atoms with Gasteiger partial charge in [-0.2, -0.15) is 0 Å². The molecule has 0 spiro atoms. The van der Waals surface area contributed by atoms with Crippen molar-refractivity contribution < 1.29 is 19.1 Å². The number of hydrogen-bond acceptors (Lipinski definition) is 8. The molecule has 3 aromatic rings. The van der Waals surface area contributed by atoms with Gasteiger partial charge in [0.25, 0.3) is 5.78 Å². The molecule has 1 atom stereocenters. The first-order valence-corrected chi connectivity index (χ1v) is 9.26. The average Bonchev–Trinajstić information content (AvgIpc) is 3.37. The SMILES string of the molecule is O=C1C(=O)N(c2nncs2)C(c2ccc(I)o2)/C1=C(\O)c1cccnc1. The Morgan fingerprint density at radius 3 is 2.77 bits per heavy atom. The van der Waals surface area contributed by atoms with Crippen LogP contribution in [0.4, 0.5) is 5.13 Å². The fraction of sp³-hybridized carbons (Fsp3) is 0.0625. The molecular weight excluding hydrogens is 471 g/mol. The van der Waals surface area contributed by atoms with E-state index in [1.807, 2.05) is 22.6 Å². The van der Waals surface area contributed by atoms with Crippen molar-refractivity contribution in [1.29, 1.82) is 0 Å². The summed E-state index contributed by atoms with van der Waals surface area (Å²) in [5, 5.41) is 18.6. The van der Waals surface area contributed by atoms with E-state index in [-0.39, 0.29) is 16.5 Å². The van der Waals surface area contributed by atoms with E-state index in [1.54, 1.807) is 30.5 Å². The third-order valence-corrected chi connectivity index (χ3v) is 5.07. The Labute approximate surface area is 164 Å². The molecule has 1 aliphatic rings. The van der Waals surface area contributed by atoms with E-state index in [9.17, 15) is 14.7 Å². The number of carbonyl (C=O) groups excluding carboxylic acids is 2. The van der Waals surface area contributed by atoms with Crippen molar-refractivity contribution >= 4 is 56.5 Å². The molecule has 1 unspecified atom stereocenters. The van der Waals surface area contributed by atoms with Gasteiger partial charge < -0.3 is 9.52 Å². The zero-order chi connectivity index (χ0) is 18.3. The number of furan rings is 1. The van der Waals surface area contributed by atoms with Gasteiger partial charge in [-0.25, -0.2) is 0 Å². The summed E-state index contributed by atoms with van der Waals surface area (Å²) in [7, 11) is 0. The van der Waals surface area contributed by atoms with Gasteiger partial charge in [0.15, 0.2) is 3.77 Å². The second-order valence-electron chi connectivity index (χ2n) is 5.27. The summed E-state index contributed by atoms with van der Waals surface area (Å²) in [6, 6.07) is 5.65. The number of nitrogens with zero attached hydrogens (tertiary/aromatic N) is 4. The number of hydrogen-bond donors (Lipinski definition) is 1. The van der Waals surface area contributed by atoms with Crippen LogP contribution in [0.3, 0.4) is 0 Å². The summed E-state index contributed by atoms with van der Waals surface area (Å²) in [4.78, 5) is 30.5. The predicted molar refractivity (Wildman–Crippen MR) is 100 cm³/mol. The first kappa shape index (κ1) is 16.8. The Morgan fingerprint density at radius 1 is 1.31 bits per heavy atom. The Balaban J connectivity index is 1.94. The van der Waals surface area contributed by atoms with Crippen LogP contribution in [0.5, 0.6) is 0 Å². The standard InChI is InChI=1S/C16H9IN4O4S/c17-10-4-3-9(25-10)12-11(13(22)8-2-1-5-18-6-8)14(23)15(24)21(12)16-20-19-7-26-16/h1-7,12,22H/b13-11+. The minimum Gasteiger partial charge on any atom is -0.507 e. The monoisotopic (exact) mass is 480 g/mol. The zero-order valence-electron chi connectivity index (χ0n) is 12.9. The van der Waals surface area contributed by atoms with E-state index >= 15 is 0 Å². The van der Waals surface area contributed by atoms with Crippen LogP contribution >= 0.6 is 33.9 Å². The van der Waals surface area contributed by atoms with Gasteiger partial charge in [-0.1, -0.05) is 11.3 Å². The quantitative estimate of drug-likeness (QED) is 0.266. The molecule has 10 heteroatoms. The highest BCUT2D eigenvalue weighted by Crippen LogP contribution is 2.42. The van der Waals surface area contributed by atoms with Crippen molar-refractivity contribution in [2.75, 3.05) is 4.90 Å². The Kier molecular flexibility index (Phi) is 4.28. The van der Waals surface area contributed by atoms with Gasteiger partial charge in [0.2, 0.25) is 5.13 Å². The van der Waals surface area contributed by atoms with E-state index in [0.29, 0.717) is 15.1 Å². The maximum atomic E-state index is 12.7. The van der Waals surface area contributed by atoms with Crippen molar-refractivity contribution in [2.45, 2.75) is 6.04 Å². The summed E-state index contributed by atoms with van der Waals surface area (Å²) in [5.74, 6) is -1.60. The Morgan fingerprint density at radius 2 is 2.15 bits per heavy atom. The molecule has 3 aromatic heterocycles. The van der Waals surface area contributed by atoms with Gasteiger partial charge in [-0.15, -0.1) is 10.2 Å². The molecule has 1 saturated heterocycles. The van der Waals surface area contributed by atoms with Crippen LogP contribution in [0.2, 0.25) is 0 Å². The maximum Gasteiger partial charge on any atom is 0.302 e. The number of Topliss-reactive ketones (excluding diaryl/α,β-unsaturated/α-hetero) is 1. The van der Waals surface area contributed by atoms with Crippen LogP contribution in [0.1, 0.15) is 17.4 Å². The number of aromatic nitrogens is 3. The zero-order valence-corrected chi connectivity index (χ0v) is 15.8. The first-order chi connectivity index (χ1) is 12.6. The van der Waals surface area contributed by atoms with E-state index in [2.05, 4.69) is 15.2 Å². The van der Waals surface area contributed by atoms with E-state index in [0.717, 1.165) is 11.3 Å². The normalized spacial score (nSPS) is 19.3. The summed E-state index contributed by atoms with van der Waals surface area (Å²) in [6.07, 6.45) is 2.96. The van der Waals surface area contributed by atoms with Crippen LogP contribution in [-0.4, -0.2) is 32.0 Å². The van der Waals surface area contributed by atoms with Crippen molar-refractivity contribution in [3.05, 3.63) is 62.8 Å². The molecule has 130 valence electrons. The van der Waals surface area contributed by atoms with Crippen LogP contribution in [0.15, 0.2) is 52.2 Å². The number of amides is 1. The second-order valence-corrected chi connectivity index (χ2v) is 7.15. The van der Waals surface area contributed by atoms with Gasteiger partial charge in [-0.3, -0.25) is 19.5 Å². The van der Waals surface area contributed by atoms with Crippen LogP contribution in [0, 0.1) is 3.77 Å². The number of carbonyl (C=O) groups is 2. The first-order valence-electron chi connectivity index (χ1n) is 7.30. The van der Waals surface area contributed by atoms with Crippen molar-refractivity contribution in [3.63, 3.8) is 0 Å². The predicted octanol–water partition coefficient (Wildman–Crippen LogP) is 2.76. The van der Waals surface area contributed by atoms with Crippen molar-refractivity contribution in [1.82, 2.24) is 15.2 Å². The number of rotatable bonds is 3. The number of pyridine rings is 1.